The van der Waals surface area contributed by atoms with Crippen LogP contribution in [0.15, 0.2) is 84.0 Å². The predicted octanol–water partition coefficient (Wildman–Crippen LogP) is 5.66. The molecule has 4 aliphatic rings. The van der Waals surface area contributed by atoms with Crippen molar-refractivity contribution in [3.05, 3.63) is 95.6 Å². The van der Waals surface area contributed by atoms with Crippen molar-refractivity contribution in [2.45, 2.75) is 31.9 Å². The number of rotatable bonds is 5. The third-order valence-corrected chi connectivity index (χ3v) is 7.21. The molecule has 1 aromatic carbocycles. The molecule has 34 heavy (non-hydrogen) atoms. The number of allylic oxidation sites excluding steroid dienone is 8. The van der Waals surface area contributed by atoms with E-state index in [9.17, 15) is 0 Å². The van der Waals surface area contributed by atoms with Gasteiger partial charge in [0.05, 0.1) is 45.9 Å². The number of nitrogens with zero attached hydrogens (tertiary/aromatic N) is 3. The molecule has 3 aliphatic heterocycles. The van der Waals surface area contributed by atoms with Gasteiger partial charge in [-0.25, -0.2) is 0 Å². The van der Waals surface area contributed by atoms with Gasteiger partial charge in [-0.15, -0.1) is 0 Å². The van der Waals surface area contributed by atoms with Gasteiger partial charge < -0.3 is 14.1 Å². The van der Waals surface area contributed by atoms with Crippen molar-refractivity contribution in [3.63, 3.8) is 0 Å². The molecule has 1 aromatic rings. The largest absolute Gasteiger partial charge is 0.403 e. The molecule has 4 heteroatoms. The number of anilines is 1. The van der Waals surface area contributed by atoms with Crippen molar-refractivity contribution >= 4 is 11.3 Å². The van der Waals surface area contributed by atoms with E-state index in [-0.39, 0.29) is 6.23 Å². The van der Waals surface area contributed by atoms with E-state index in [2.05, 4.69) is 98.8 Å². The number of quaternary nitrogens is 1. The molecule has 1 saturated heterocycles. The fraction of sp³-hybridized carbons (Fsp3) is 0.400. The first-order chi connectivity index (χ1) is 16.4. The Kier molecular flexibility index (Phi) is 6.20. The molecule has 1 aliphatic carbocycles. The van der Waals surface area contributed by atoms with Gasteiger partial charge in [0.2, 0.25) is 6.23 Å². The van der Waals surface area contributed by atoms with Crippen molar-refractivity contribution < 1.29 is 9.22 Å². The van der Waals surface area contributed by atoms with E-state index in [1.165, 1.54) is 48.2 Å². The van der Waals surface area contributed by atoms with Crippen LogP contribution in [-0.4, -0.2) is 56.9 Å². The molecule has 1 fully saturated rings. The Balaban J connectivity index is 1.41. The number of benzene rings is 1. The van der Waals surface area contributed by atoms with Crippen LogP contribution in [0, 0.1) is 12.0 Å². The van der Waals surface area contributed by atoms with Crippen molar-refractivity contribution in [3.8, 4) is 0 Å². The smallest absolute Gasteiger partial charge is 0.262 e. The van der Waals surface area contributed by atoms with Crippen LogP contribution in [0.3, 0.4) is 0 Å². The predicted molar refractivity (Wildman–Crippen MR) is 140 cm³/mol. The van der Waals surface area contributed by atoms with Gasteiger partial charge in [-0.3, -0.25) is 4.90 Å². The first kappa shape index (κ1) is 22.7. The SMILES string of the molecule is CN1C=CC(=CC=C2CCC(CCC[N+](C)(C)C)CN3C4=C(C=CC=[C+]4)OC23)c2ccccc21. The van der Waals surface area contributed by atoms with E-state index >= 15 is 0 Å². The fourth-order valence-corrected chi connectivity index (χ4v) is 5.35. The Hall–Kier alpha value is -3.07. The minimum absolute atomic E-state index is 0.0283. The molecule has 4 nitrogen and oxygen atoms in total. The molecule has 0 bridgehead atoms. The molecule has 176 valence electrons. The lowest BCUT2D eigenvalue weighted by Crippen LogP contribution is -2.36. The molecule has 0 spiro atoms. The van der Waals surface area contributed by atoms with Crippen LogP contribution < -0.4 is 4.90 Å². The molecule has 0 amide bonds. The minimum Gasteiger partial charge on any atom is -0.403 e. The van der Waals surface area contributed by atoms with Gasteiger partial charge in [-0.1, -0.05) is 30.4 Å². The van der Waals surface area contributed by atoms with Crippen LogP contribution in [0.1, 0.15) is 31.2 Å². The summed E-state index contributed by atoms with van der Waals surface area (Å²) >= 11 is 0. The summed E-state index contributed by atoms with van der Waals surface area (Å²) in [5, 5.41) is 0. The van der Waals surface area contributed by atoms with Crippen LogP contribution >= 0.6 is 0 Å². The van der Waals surface area contributed by atoms with Gasteiger partial charge in [0.15, 0.2) is 0 Å². The van der Waals surface area contributed by atoms with Crippen molar-refractivity contribution in [1.29, 1.82) is 0 Å². The average Bonchev–Trinajstić information content (AvgIpc) is 3.08. The summed E-state index contributed by atoms with van der Waals surface area (Å²) < 4.78 is 7.53. The zero-order chi connectivity index (χ0) is 23.7. The highest BCUT2D eigenvalue weighted by Crippen LogP contribution is 2.40. The third-order valence-electron chi connectivity index (χ3n) is 7.21. The van der Waals surface area contributed by atoms with Crippen molar-refractivity contribution in [1.82, 2.24) is 4.90 Å². The Labute approximate surface area is 205 Å². The highest BCUT2D eigenvalue weighted by atomic mass is 16.5. The monoisotopic (exact) mass is 455 g/mol. The summed E-state index contributed by atoms with van der Waals surface area (Å²) in [5.41, 5.74) is 6.24. The molecule has 0 N–H and O–H groups in total. The number of para-hydroxylation sites is 1. The first-order valence-corrected chi connectivity index (χ1v) is 12.5. The van der Waals surface area contributed by atoms with Gasteiger partial charge >= 0.3 is 0 Å². The topological polar surface area (TPSA) is 15.7 Å². The molecule has 5 rings (SSSR count). The lowest BCUT2D eigenvalue weighted by Gasteiger charge is -2.27. The molecule has 2 unspecified atom stereocenters. The Morgan fingerprint density at radius 1 is 1.15 bits per heavy atom. The summed E-state index contributed by atoms with van der Waals surface area (Å²) in [6.07, 6.45) is 23.3. The number of fused-ring (bicyclic) bond motifs is 3. The number of ether oxygens (including phenoxy) is 1. The molecular formula is C30H37N3O+2. The van der Waals surface area contributed by atoms with E-state index in [0.717, 1.165) is 28.9 Å². The maximum absolute atomic E-state index is 6.50. The second-order valence-corrected chi connectivity index (χ2v) is 10.9. The molecule has 3 heterocycles. The third kappa shape index (κ3) is 4.75. The zero-order valence-corrected chi connectivity index (χ0v) is 21.0. The summed E-state index contributed by atoms with van der Waals surface area (Å²) in [7, 11) is 8.96. The van der Waals surface area contributed by atoms with Crippen LogP contribution in [0.4, 0.5) is 5.69 Å². The highest BCUT2D eigenvalue weighted by Gasteiger charge is 2.43. The molecule has 0 radical (unpaired) electrons. The maximum atomic E-state index is 6.50. The summed E-state index contributed by atoms with van der Waals surface area (Å²) in [6.45, 7) is 2.25. The van der Waals surface area contributed by atoms with Gasteiger partial charge in [0.1, 0.15) is 6.08 Å². The van der Waals surface area contributed by atoms with Crippen molar-refractivity contribution in [2.24, 2.45) is 5.92 Å². The van der Waals surface area contributed by atoms with Gasteiger partial charge in [-0.05, 0) is 54.9 Å². The standard InChI is InChI=1S/C30H37N3O/c1-31-20-19-24(26-11-5-6-12-27(26)31)17-18-25-16-15-23(10-9-21-33(2,3)4)22-32-28-13-7-8-14-29(28)34-30(25)32/h5-8,11-12,14,17-20,23,30H,9-10,15-16,21-22H2,1-4H3/q+2. The first-order valence-electron chi connectivity index (χ1n) is 12.5. The van der Waals surface area contributed by atoms with Gasteiger partial charge in [0.25, 0.3) is 11.5 Å². The van der Waals surface area contributed by atoms with E-state index in [4.69, 9.17) is 4.74 Å². The van der Waals surface area contributed by atoms with Gasteiger partial charge in [-0.2, -0.15) is 0 Å². The average molecular weight is 456 g/mol. The normalized spacial score (nSPS) is 25.8. The Morgan fingerprint density at radius 3 is 2.85 bits per heavy atom. The molecule has 0 aromatic heterocycles. The summed E-state index contributed by atoms with van der Waals surface area (Å²) in [6, 6.07) is 8.61. The van der Waals surface area contributed by atoms with Crippen molar-refractivity contribution in [2.75, 3.05) is 46.2 Å². The molecule has 2 atom stereocenters. The van der Waals surface area contributed by atoms with E-state index < -0.39 is 0 Å². The van der Waals surface area contributed by atoms with E-state index in [0.29, 0.717) is 5.92 Å². The Morgan fingerprint density at radius 2 is 2.00 bits per heavy atom. The lowest BCUT2D eigenvalue weighted by atomic mass is 9.95. The minimum atomic E-state index is -0.0283. The zero-order valence-electron chi connectivity index (χ0n) is 21.0. The lowest BCUT2D eigenvalue weighted by molar-refractivity contribution is -0.870. The van der Waals surface area contributed by atoms with Gasteiger partial charge in [0, 0.05) is 31.0 Å². The van der Waals surface area contributed by atoms with E-state index in [1.807, 2.05) is 12.2 Å². The maximum Gasteiger partial charge on any atom is 0.262 e. The van der Waals surface area contributed by atoms with E-state index in [1.54, 1.807) is 0 Å². The summed E-state index contributed by atoms with van der Waals surface area (Å²) in [5.74, 6) is 1.63. The Bertz CT molecular complexity index is 1110. The second kappa shape index (κ2) is 9.29. The quantitative estimate of drug-likeness (QED) is 0.421. The van der Waals surface area contributed by atoms with Crippen LogP contribution in [0.2, 0.25) is 0 Å². The van der Waals surface area contributed by atoms with Crippen LogP contribution in [-0.2, 0) is 4.74 Å². The summed E-state index contributed by atoms with van der Waals surface area (Å²) in [4.78, 5) is 4.64. The number of hydrogen-bond acceptors (Lipinski definition) is 3. The van der Waals surface area contributed by atoms with Crippen LogP contribution in [0.25, 0.3) is 5.57 Å². The fourth-order valence-electron chi connectivity index (χ4n) is 5.35. The molecular weight excluding hydrogens is 418 g/mol. The number of hydrogen-bond donors (Lipinski definition) is 0. The second-order valence-electron chi connectivity index (χ2n) is 10.9. The van der Waals surface area contributed by atoms with Crippen LogP contribution in [0.5, 0.6) is 0 Å². The highest BCUT2D eigenvalue weighted by molar-refractivity contribution is 5.86. The molecule has 0 saturated carbocycles.